The van der Waals surface area contributed by atoms with E-state index in [0.717, 1.165) is 34.1 Å². The summed E-state index contributed by atoms with van der Waals surface area (Å²) in [7, 11) is 0. The van der Waals surface area contributed by atoms with Gasteiger partial charge < -0.3 is 9.64 Å². The van der Waals surface area contributed by atoms with Crippen molar-refractivity contribution in [1.82, 2.24) is 9.88 Å². The molecule has 4 nitrogen and oxygen atoms in total. The SMILES string of the molecule is O=C(Cc1ccc(-c2ccccc2)cc1)N1CCC(Oc2nc3c(F)cc(F)cc3s2)CC1. The van der Waals surface area contributed by atoms with Gasteiger partial charge in [0.2, 0.25) is 5.91 Å². The molecule has 1 saturated heterocycles. The molecule has 5 rings (SSSR count). The first-order chi connectivity index (χ1) is 16.0. The number of aromatic nitrogens is 1. The van der Waals surface area contributed by atoms with Crippen molar-refractivity contribution < 1.29 is 18.3 Å². The van der Waals surface area contributed by atoms with E-state index in [9.17, 15) is 13.6 Å². The maximum absolute atomic E-state index is 13.9. The second-order valence-corrected chi connectivity index (χ2v) is 9.15. The van der Waals surface area contributed by atoms with Crippen LogP contribution in [-0.4, -0.2) is 35.0 Å². The van der Waals surface area contributed by atoms with Gasteiger partial charge in [0.25, 0.3) is 5.19 Å². The molecule has 0 N–H and O–H groups in total. The fourth-order valence-corrected chi connectivity index (χ4v) is 5.01. The topological polar surface area (TPSA) is 42.4 Å². The van der Waals surface area contributed by atoms with E-state index >= 15 is 0 Å². The van der Waals surface area contributed by atoms with E-state index in [-0.39, 0.29) is 17.5 Å². The van der Waals surface area contributed by atoms with E-state index in [1.165, 1.54) is 6.07 Å². The van der Waals surface area contributed by atoms with Crippen LogP contribution in [0, 0.1) is 11.6 Å². The number of hydrogen-bond acceptors (Lipinski definition) is 4. The minimum absolute atomic E-state index is 0.0958. The van der Waals surface area contributed by atoms with Gasteiger partial charge in [0.05, 0.1) is 11.1 Å². The van der Waals surface area contributed by atoms with Crippen LogP contribution in [0.2, 0.25) is 0 Å². The molecule has 0 unspecified atom stereocenters. The zero-order valence-electron chi connectivity index (χ0n) is 17.8. The average molecular weight is 465 g/mol. The van der Waals surface area contributed by atoms with Crippen molar-refractivity contribution in [3.05, 3.63) is 83.9 Å². The average Bonchev–Trinajstić information content (AvgIpc) is 3.23. The highest BCUT2D eigenvalue weighted by Crippen LogP contribution is 2.32. The summed E-state index contributed by atoms with van der Waals surface area (Å²) in [6.07, 6.45) is 1.60. The largest absolute Gasteiger partial charge is 0.467 e. The van der Waals surface area contributed by atoms with E-state index in [1.807, 2.05) is 47.4 Å². The molecule has 0 radical (unpaired) electrons. The van der Waals surface area contributed by atoms with Gasteiger partial charge in [-0.25, -0.2) is 8.78 Å². The van der Waals surface area contributed by atoms with Crippen molar-refractivity contribution in [3.8, 4) is 16.3 Å². The molecule has 1 fully saturated rings. The minimum Gasteiger partial charge on any atom is -0.467 e. The van der Waals surface area contributed by atoms with E-state index in [2.05, 4.69) is 17.1 Å². The Balaban J connectivity index is 1.15. The number of amides is 1. The molecule has 1 aromatic heterocycles. The lowest BCUT2D eigenvalue weighted by Gasteiger charge is -2.31. The molecule has 0 atom stereocenters. The Morgan fingerprint density at radius 1 is 1.00 bits per heavy atom. The fourth-order valence-electron chi connectivity index (χ4n) is 4.08. The summed E-state index contributed by atoms with van der Waals surface area (Å²) in [5, 5.41) is 0.331. The molecule has 0 aliphatic carbocycles. The van der Waals surface area contributed by atoms with Crippen LogP contribution in [0.1, 0.15) is 18.4 Å². The molecule has 0 saturated carbocycles. The molecule has 0 bridgehead atoms. The zero-order chi connectivity index (χ0) is 22.8. The van der Waals surface area contributed by atoms with Crippen LogP contribution in [0.25, 0.3) is 21.3 Å². The normalized spacial score (nSPS) is 14.5. The third kappa shape index (κ3) is 4.88. The van der Waals surface area contributed by atoms with Gasteiger partial charge in [0.1, 0.15) is 17.4 Å². The second kappa shape index (κ2) is 9.27. The molecule has 7 heteroatoms. The standard InChI is InChI=1S/C26H22F2N2O2S/c27-20-15-22(28)25-23(16-20)33-26(29-25)32-21-10-12-30(13-11-21)24(31)14-17-6-8-19(9-7-17)18-4-2-1-3-5-18/h1-9,15-16,21H,10-14H2. The Morgan fingerprint density at radius 2 is 1.70 bits per heavy atom. The van der Waals surface area contributed by atoms with E-state index in [4.69, 9.17) is 4.74 Å². The maximum atomic E-state index is 13.9. The molecule has 4 aromatic rings. The van der Waals surface area contributed by atoms with Crippen molar-refractivity contribution in [3.63, 3.8) is 0 Å². The zero-order valence-corrected chi connectivity index (χ0v) is 18.7. The fraction of sp³-hybridized carbons (Fsp3) is 0.231. The number of carbonyl (C=O) groups excluding carboxylic acids is 1. The number of rotatable bonds is 5. The first-order valence-corrected chi connectivity index (χ1v) is 11.7. The van der Waals surface area contributed by atoms with E-state index in [1.54, 1.807) is 0 Å². The smallest absolute Gasteiger partial charge is 0.274 e. The van der Waals surface area contributed by atoms with Crippen molar-refractivity contribution in [2.24, 2.45) is 0 Å². The number of halogens is 2. The molecule has 1 aliphatic heterocycles. The predicted molar refractivity (Wildman–Crippen MR) is 125 cm³/mol. The second-order valence-electron chi connectivity index (χ2n) is 8.15. The Labute approximate surface area is 194 Å². The van der Waals surface area contributed by atoms with Crippen LogP contribution in [-0.2, 0) is 11.2 Å². The van der Waals surface area contributed by atoms with Crippen molar-refractivity contribution >= 4 is 27.5 Å². The lowest BCUT2D eigenvalue weighted by Crippen LogP contribution is -2.42. The summed E-state index contributed by atoms with van der Waals surface area (Å²) in [6, 6.07) is 20.3. The molecule has 33 heavy (non-hydrogen) atoms. The van der Waals surface area contributed by atoms with Crippen LogP contribution in [0.4, 0.5) is 8.78 Å². The summed E-state index contributed by atoms with van der Waals surface area (Å²) in [4.78, 5) is 18.8. The number of thiazole rings is 1. The van der Waals surface area contributed by atoms with Gasteiger partial charge in [-0.3, -0.25) is 4.79 Å². The summed E-state index contributed by atoms with van der Waals surface area (Å²) in [5.41, 5.74) is 3.39. The Hall–Kier alpha value is -3.32. The maximum Gasteiger partial charge on any atom is 0.274 e. The lowest BCUT2D eigenvalue weighted by atomic mass is 10.0. The number of carbonyl (C=O) groups is 1. The van der Waals surface area contributed by atoms with Crippen LogP contribution >= 0.6 is 11.3 Å². The van der Waals surface area contributed by atoms with Gasteiger partial charge in [-0.2, -0.15) is 4.98 Å². The van der Waals surface area contributed by atoms with Gasteiger partial charge >= 0.3 is 0 Å². The molecule has 1 amide bonds. The summed E-state index contributed by atoms with van der Waals surface area (Å²) in [5.74, 6) is -1.22. The Morgan fingerprint density at radius 3 is 2.42 bits per heavy atom. The third-order valence-electron chi connectivity index (χ3n) is 5.87. The van der Waals surface area contributed by atoms with Crippen LogP contribution in [0.3, 0.4) is 0 Å². The highest BCUT2D eigenvalue weighted by atomic mass is 32.1. The monoisotopic (exact) mass is 464 g/mol. The first-order valence-electron chi connectivity index (χ1n) is 10.9. The highest BCUT2D eigenvalue weighted by Gasteiger charge is 2.25. The molecular weight excluding hydrogens is 442 g/mol. The van der Waals surface area contributed by atoms with Crippen LogP contribution < -0.4 is 4.74 Å². The quantitative estimate of drug-likeness (QED) is 0.372. The molecule has 3 aromatic carbocycles. The lowest BCUT2D eigenvalue weighted by molar-refractivity contribution is -0.132. The Bertz CT molecular complexity index is 1270. The summed E-state index contributed by atoms with van der Waals surface area (Å²) < 4.78 is 33.6. The Kier molecular flexibility index (Phi) is 6.05. The highest BCUT2D eigenvalue weighted by molar-refractivity contribution is 7.20. The number of hydrogen-bond donors (Lipinski definition) is 0. The van der Waals surface area contributed by atoms with Crippen LogP contribution in [0.5, 0.6) is 5.19 Å². The van der Waals surface area contributed by atoms with Gasteiger partial charge in [0.15, 0.2) is 5.82 Å². The number of fused-ring (bicyclic) bond motifs is 1. The predicted octanol–water partition coefficient (Wildman–Crippen LogP) is 5.85. The minimum atomic E-state index is -0.687. The number of ether oxygens (including phenoxy) is 1. The number of likely N-dealkylation sites (tertiary alicyclic amines) is 1. The van der Waals surface area contributed by atoms with Crippen LogP contribution in [0.15, 0.2) is 66.7 Å². The van der Waals surface area contributed by atoms with Gasteiger partial charge in [0, 0.05) is 32.0 Å². The van der Waals surface area contributed by atoms with E-state index in [0.29, 0.717) is 42.2 Å². The molecule has 1 aliphatic rings. The molecule has 0 spiro atoms. The summed E-state index contributed by atoms with van der Waals surface area (Å²) >= 11 is 1.13. The number of piperidine rings is 1. The van der Waals surface area contributed by atoms with Gasteiger partial charge in [-0.1, -0.05) is 65.9 Å². The number of benzene rings is 3. The number of nitrogens with zero attached hydrogens (tertiary/aromatic N) is 2. The molecule has 168 valence electrons. The third-order valence-corrected chi connectivity index (χ3v) is 6.77. The first kappa shape index (κ1) is 21.5. The van der Waals surface area contributed by atoms with Gasteiger partial charge in [-0.15, -0.1) is 0 Å². The molecular formula is C26H22F2N2O2S. The van der Waals surface area contributed by atoms with Crippen molar-refractivity contribution in [2.45, 2.75) is 25.4 Å². The van der Waals surface area contributed by atoms with Gasteiger partial charge in [-0.05, 0) is 22.8 Å². The van der Waals surface area contributed by atoms with Crippen molar-refractivity contribution in [2.75, 3.05) is 13.1 Å². The van der Waals surface area contributed by atoms with E-state index < -0.39 is 11.6 Å². The van der Waals surface area contributed by atoms with Crippen molar-refractivity contribution in [1.29, 1.82) is 0 Å². The summed E-state index contributed by atoms with van der Waals surface area (Å²) in [6.45, 7) is 1.19. The molecule has 2 heterocycles.